The number of rotatable bonds is 5. The first-order valence-electron chi connectivity index (χ1n) is 6.92. The molecule has 8 nitrogen and oxygen atoms in total. The van der Waals surface area contributed by atoms with E-state index in [0.717, 1.165) is 32.2 Å². The fourth-order valence-electron chi connectivity index (χ4n) is 2.60. The second kappa shape index (κ2) is 6.31. The monoisotopic (exact) mass is 309 g/mol. The van der Waals surface area contributed by atoms with Gasteiger partial charge in [-0.1, -0.05) is 0 Å². The molecule has 9 heteroatoms. The summed E-state index contributed by atoms with van der Waals surface area (Å²) in [6.45, 7) is 1.08. The Kier molecular flexibility index (Phi) is 4.26. The molecule has 1 fully saturated rings. The molecule has 0 bridgehead atoms. The Hall–Kier alpha value is -1.80. The molecule has 0 aromatic carbocycles. The number of halogens is 1. The predicted octanol–water partition coefficient (Wildman–Crippen LogP) is 0.847. The third kappa shape index (κ3) is 3.11. The smallest absolute Gasteiger partial charge is 0.258 e. The van der Waals surface area contributed by atoms with Crippen molar-refractivity contribution in [1.82, 2.24) is 29.7 Å². The van der Waals surface area contributed by atoms with E-state index in [9.17, 15) is 0 Å². The van der Waals surface area contributed by atoms with Crippen LogP contribution in [-0.4, -0.2) is 54.0 Å². The highest BCUT2D eigenvalue weighted by atomic mass is 35.5. The number of aromatic nitrogens is 6. The zero-order chi connectivity index (χ0) is 14.7. The molecule has 1 unspecified atom stereocenters. The van der Waals surface area contributed by atoms with Gasteiger partial charge in [0.05, 0.1) is 0 Å². The standard InChI is InChI=1S/C12H16ClN7O/c13-10-16-11(18-12(17-10)20-8-14-7-15-20)19-5-1-3-9(19)4-2-6-21/h7-9,21H,1-6H2. The fraction of sp³-hybridized carbons (Fsp3) is 0.583. The van der Waals surface area contributed by atoms with Gasteiger partial charge in [-0.2, -0.15) is 24.7 Å². The maximum absolute atomic E-state index is 9.00. The van der Waals surface area contributed by atoms with Gasteiger partial charge in [0.15, 0.2) is 0 Å². The van der Waals surface area contributed by atoms with Crippen molar-refractivity contribution in [2.24, 2.45) is 0 Å². The number of aliphatic hydroxyl groups excluding tert-OH is 1. The zero-order valence-corrected chi connectivity index (χ0v) is 12.2. The number of nitrogens with zero attached hydrogens (tertiary/aromatic N) is 7. The first-order valence-corrected chi connectivity index (χ1v) is 7.30. The van der Waals surface area contributed by atoms with Crippen molar-refractivity contribution in [2.45, 2.75) is 31.7 Å². The first-order chi connectivity index (χ1) is 10.3. The fourth-order valence-corrected chi connectivity index (χ4v) is 2.75. The minimum absolute atomic E-state index is 0.137. The summed E-state index contributed by atoms with van der Waals surface area (Å²) in [5.74, 6) is 0.913. The molecule has 112 valence electrons. The van der Waals surface area contributed by atoms with Gasteiger partial charge in [-0.3, -0.25) is 0 Å². The molecule has 1 N–H and O–H groups in total. The summed E-state index contributed by atoms with van der Waals surface area (Å²) in [5, 5.41) is 13.1. The van der Waals surface area contributed by atoms with Gasteiger partial charge in [0.2, 0.25) is 11.2 Å². The van der Waals surface area contributed by atoms with Crippen molar-refractivity contribution in [3.05, 3.63) is 17.9 Å². The molecule has 0 spiro atoms. The van der Waals surface area contributed by atoms with Gasteiger partial charge in [-0.05, 0) is 37.3 Å². The lowest BCUT2D eigenvalue weighted by Crippen LogP contribution is -2.31. The maximum atomic E-state index is 9.00. The Morgan fingerprint density at radius 2 is 2.14 bits per heavy atom. The van der Waals surface area contributed by atoms with Gasteiger partial charge < -0.3 is 10.0 Å². The van der Waals surface area contributed by atoms with Gasteiger partial charge in [0.1, 0.15) is 12.7 Å². The van der Waals surface area contributed by atoms with Crippen molar-refractivity contribution in [3.63, 3.8) is 0 Å². The molecule has 3 heterocycles. The van der Waals surface area contributed by atoms with E-state index in [0.29, 0.717) is 17.9 Å². The normalized spacial score (nSPS) is 18.4. The van der Waals surface area contributed by atoms with Crippen LogP contribution in [0.2, 0.25) is 5.28 Å². The first kappa shape index (κ1) is 14.2. The van der Waals surface area contributed by atoms with Crippen molar-refractivity contribution in [2.75, 3.05) is 18.1 Å². The van der Waals surface area contributed by atoms with E-state index < -0.39 is 0 Å². The molecule has 1 saturated heterocycles. The quantitative estimate of drug-likeness (QED) is 0.875. The molecular formula is C12H16ClN7O. The van der Waals surface area contributed by atoms with E-state index in [2.05, 4.69) is 29.9 Å². The summed E-state index contributed by atoms with van der Waals surface area (Å²) >= 11 is 6.01. The summed E-state index contributed by atoms with van der Waals surface area (Å²) in [6.07, 6.45) is 6.77. The number of aliphatic hydroxyl groups is 1. The average molecular weight is 310 g/mol. The average Bonchev–Trinajstić information content (AvgIpc) is 3.15. The molecule has 1 aliphatic rings. The minimum atomic E-state index is 0.137. The maximum Gasteiger partial charge on any atom is 0.258 e. The molecule has 2 aromatic rings. The Balaban J connectivity index is 1.87. The van der Waals surface area contributed by atoms with Crippen molar-refractivity contribution in [3.8, 4) is 5.95 Å². The van der Waals surface area contributed by atoms with Gasteiger partial charge in [0, 0.05) is 19.2 Å². The van der Waals surface area contributed by atoms with E-state index in [1.165, 1.54) is 17.3 Å². The van der Waals surface area contributed by atoms with Gasteiger partial charge >= 0.3 is 0 Å². The van der Waals surface area contributed by atoms with E-state index in [-0.39, 0.29) is 11.9 Å². The summed E-state index contributed by atoms with van der Waals surface area (Å²) in [6, 6.07) is 0.333. The van der Waals surface area contributed by atoms with Gasteiger partial charge in [-0.15, -0.1) is 0 Å². The molecule has 3 rings (SSSR count). The second-order valence-corrected chi connectivity index (χ2v) is 5.24. The predicted molar refractivity (Wildman–Crippen MR) is 76.4 cm³/mol. The van der Waals surface area contributed by atoms with Crippen LogP contribution >= 0.6 is 11.6 Å². The lowest BCUT2D eigenvalue weighted by Gasteiger charge is -2.24. The third-order valence-electron chi connectivity index (χ3n) is 3.54. The molecule has 1 aliphatic heterocycles. The Bertz CT molecular complexity index is 591. The summed E-state index contributed by atoms with van der Waals surface area (Å²) < 4.78 is 1.45. The highest BCUT2D eigenvalue weighted by molar-refractivity contribution is 6.28. The van der Waals surface area contributed by atoms with Crippen LogP contribution in [0.15, 0.2) is 12.7 Å². The summed E-state index contributed by atoms with van der Waals surface area (Å²) in [4.78, 5) is 18.7. The molecular weight excluding hydrogens is 294 g/mol. The van der Waals surface area contributed by atoms with Crippen LogP contribution < -0.4 is 4.90 Å². The minimum Gasteiger partial charge on any atom is -0.396 e. The van der Waals surface area contributed by atoms with Crippen molar-refractivity contribution >= 4 is 17.5 Å². The summed E-state index contributed by atoms with van der Waals surface area (Å²) in [7, 11) is 0. The van der Waals surface area contributed by atoms with Crippen molar-refractivity contribution < 1.29 is 5.11 Å². The SMILES string of the molecule is OCCCC1CCCN1c1nc(Cl)nc(-n2cncn2)n1. The number of hydrogen-bond donors (Lipinski definition) is 1. The second-order valence-electron chi connectivity index (χ2n) is 4.90. The van der Waals surface area contributed by atoms with Crippen LogP contribution in [0, 0.1) is 0 Å². The lowest BCUT2D eigenvalue weighted by atomic mass is 10.1. The number of hydrogen-bond acceptors (Lipinski definition) is 7. The van der Waals surface area contributed by atoms with Gasteiger partial charge in [0.25, 0.3) is 5.95 Å². The van der Waals surface area contributed by atoms with E-state index in [1.807, 2.05) is 0 Å². The van der Waals surface area contributed by atoms with Gasteiger partial charge in [-0.25, -0.2) is 4.98 Å². The summed E-state index contributed by atoms with van der Waals surface area (Å²) in [5.41, 5.74) is 0. The van der Waals surface area contributed by atoms with Crippen LogP contribution in [0.4, 0.5) is 5.95 Å². The largest absolute Gasteiger partial charge is 0.396 e. The molecule has 0 amide bonds. The van der Waals surface area contributed by atoms with Crippen LogP contribution in [0.5, 0.6) is 0 Å². The molecule has 2 aromatic heterocycles. The lowest BCUT2D eigenvalue weighted by molar-refractivity contribution is 0.279. The van der Waals surface area contributed by atoms with Crippen LogP contribution in [-0.2, 0) is 0 Å². The van der Waals surface area contributed by atoms with Crippen molar-refractivity contribution in [1.29, 1.82) is 0 Å². The van der Waals surface area contributed by atoms with E-state index in [1.54, 1.807) is 0 Å². The Morgan fingerprint density at radius 1 is 1.29 bits per heavy atom. The highest BCUT2D eigenvalue weighted by Gasteiger charge is 2.27. The van der Waals surface area contributed by atoms with E-state index in [4.69, 9.17) is 16.7 Å². The topological polar surface area (TPSA) is 92.8 Å². The third-order valence-corrected chi connectivity index (χ3v) is 3.71. The molecule has 21 heavy (non-hydrogen) atoms. The molecule has 0 radical (unpaired) electrons. The van der Waals surface area contributed by atoms with Crippen LogP contribution in [0.3, 0.4) is 0 Å². The Morgan fingerprint density at radius 3 is 2.90 bits per heavy atom. The zero-order valence-electron chi connectivity index (χ0n) is 11.4. The highest BCUT2D eigenvalue weighted by Crippen LogP contribution is 2.26. The Labute approximate surface area is 126 Å². The molecule has 0 aliphatic carbocycles. The van der Waals surface area contributed by atoms with Crippen LogP contribution in [0.1, 0.15) is 25.7 Å². The number of anilines is 1. The van der Waals surface area contributed by atoms with Crippen LogP contribution in [0.25, 0.3) is 5.95 Å². The molecule has 1 atom stereocenters. The van der Waals surface area contributed by atoms with E-state index >= 15 is 0 Å². The molecule has 0 saturated carbocycles.